The zero-order chi connectivity index (χ0) is 20.3. The van der Waals surface area contributed by atoms with Gasteiger partial charge in [-0.25, -0.2) is 0 Å². The van der Waals surface area contributed by atoms with E-state index in [9.17, 15) is 5.26 Å². The number of para-hydroxylation sites is 1. The Morgan fingerprint density at radius 2 is 1.73 bits per heavy atom. The van der Waals surface area contributed by atoms with Gasteiger partial charge in [0.15, 0.2) is 22.5 Å². The number of benzene rings is 3. The van der Waals surface area contributed by atoms with Crippen LogP contribution in [0.4, 0.5) is 0 Å². The number of hydrogen-bond donors (Lipinski definition) is 0. The van der Waals surface area contributed by atoms with Crippen molar-refractivity contribution in [1.82, 2.24) is 14.8 Å². The Kier molecular flexibility index (Phi) is 4.83. The van der Waals surface area contributed by atoms with Gasteiger partial charge in [0, 0.05) is 17.0 Å². The molecule has 0 radical (unpaired) electrons. The van der Waals surface area contributed by atoms with Crippen LogP contribution in [0.25, 0.3) is 17.1 Å². The van der Waals surface area contributed by atoms with Crippen LogP contribution in [-0.2, 0) is 5.75 Å². The molecule has 0 fully saturated rings. The van der Waals surface area contributed by atoms with Crippen molar-refractivity contribution in [3.63, 3.8) is 0 Å². The summed E-state index contributed by atoms with van der Waals surface area (Å²) in [5.41, 5.74) is 3.50. The normalized spacial score (nSPS) is 12.0. The molecule has 1 aliphatic heterocycles. The highest BCUT2D eigenvalue weighted by Gasteiger charge is 2.20. The highest BCUT2D eigenvalue weighted by atomic mass is 32.2. The predicted molar refractivity (Wildman–Crippen MR) is 114 cm³/mol. The average Bonchev–Trinajstić information content (AvgIpc) is 3.44. The second kappa shape index (κ2) is 7.93. The van der Waals surface area contributed by atoms with Gasteiger partial charge in [-0.2, -0.15) is 5.26 Å². The van der Waals surface area contributed by atoms with Crippen LogP contribution in [0.15, 0.2) is 78.0 Å². The number of hydrogen-bond acceptors (Lipinski definition) is 6. The van der Waals surface area contributed by atoms with E-state index in [1.165, 1.54) is 0 Å². The lowest BCUT2D eigenvalue weighted by Gasteiger charge is -2.11. The Balaban J connectivity index is 1.54. The van der Waals surface area contributed by atoms with E-state index in [1.807, 2.05) is 77.4 Å². The molecule has 0 aliphatic carbocycles. The quantitative estimate of drug-likeness (QED) is 0.437. The maximum atomic E-state index is 9.36. The van der Waals surface area contributed by atoms with Crippen molar-refractivity contribution in [3.8, 4) is 34.6 Å². The van der Waals surface area contributed by atoms with Gasteiger partial charge in [-0.05, 0) is 42.0 Å². The minimum absolute atomic E-state index is 0.226. The molecule has 30 heavy (non-hydrogen) atoms. The Morgan fingerprint density at radius 1 is 0.933 bits per heavy atom. The molecule has 0 N–H and O–H groups in total. The molecule has 6 nitrogen and oxygen atoms in total. The Labute approximate surface area is 177 Å². The molecule has 5 rings (SSSR count). The largest absolute Gasteiger partial charge is 0.454 e. The fraction of sp³-hybridized carbons (Fsp3) is 0.0870. The van der Waals surface area contributed by atoms with Crippen LogP contribution in [0.1, 0.15) is 11.1 Å². The fourth-order valence-corrected chi connectivity index (χ4v) is 4.25. The second-order valence-corrected chi connectivity index (χ2v) is 7.55. The first-order chi connectivity index (χ1) is 14.8. The number of nitrogens with zero attached hydrogens (tertiary/aromatic N) is 4. The third-order valence-corrected chi connectivity index (χ3v) is 5.75. The van der Waals surface area contributed by atoms with Gasteiger partial charge in [0.25, 0.3) is 0 Å². The van der Waals surface area contributed by atoms with Crippen LogP contribution in [0, 0.1) is 11.3 Å². The standard InChI is InChI=1S/C23H16N4O2S/c24-13-17-6-4-5-7-18(17)14-30-23-26-25-22(27(23)19-8-2-1-3-9-19)16-10-11-20-21(12-16)29-15-28-20/h1-12H,14-15H2. The molecule has 0 atom stereocenters. The molecule has 0 bridgehead atoms. The zero-order valence-corrected chi connectivity index (χ0v) is 16.7. The van der Waals surface area contributed by atoms with Gasteiger partial charge in [0.05, 0.1) is 11.6 Å². The maximum Gasteiger partial charge on any atom is 0.231 e. The number of aromatic nitrogens is 3. The summed E-state index contributed by atoms with van der Waals surface area (Å²) >= 11 is 1.55. The Hall–Kier alpha value is -3.76. The summed E-state index contributed by atoms with van der Waals surface area (Å²) in [6, 6.07) is 25.6. The van der Waals surface area contributed by atoms with Gasteiger partial charge in [0.2, 0.25) is 6.79 Å². The summed E-state index contributed by atoms with van der Waals surface area (Å²) in [6.45, 7) is 0.226. The fourth-order valence-electron chi connectivity index (χ4n) is 3.29. The van der Waals surface area contributed by atoms with Gasteiger partial charge in [-0.3, -0.25) is 4.57 Å². The minimum atomic E-state index is 0.226. The lowest BCUT2D eigenvalue weighted by Crippen LogP contribution is -2.00. The van der Waals surface area contributed by atoms with Gasteiger partial charge < -0.3 is 9.47 Å². The summed E-state index contributed by atoms with van der Waals surface area (Å²) in [7, 11) is 0. The summed E-state index contributed by atoms with van der Waals surface area (Å²) in [4.78, 5) is 0. The van der Waals surface area contributed by atoms with E-state index in [2.05, 4.69) is 16.3 Å². The molecule has 4 aromatic rings. The average molecular weight is 412 g/mol. The highest BCUT2D eigenvalue weighted by molar-refractivity contribution is 7.98. The van der Waals surface area contributed by atoms with Crippen molar-refractivity contribution in [2.24, 2.45) is 0 Å². The molecular weight excluding hydrogens is 396 g/mol. The number of nitriles is 1. The van der Waals surface area contributed by atoms with Gasteiger partial charge in [0.1, 0.15) is 0 Å². The van der Waals surface area contributed by atoms with E-state index in [0.717, 1.165) is 33.5 Å². The molecular formula is C23H16N4O2S. The zero-order valence-electron chi connectivity index (χ0n) is 15.9. The lowest BCUT2D eigenvalue weighted by molar-refractivity contribution is 0.174. The van der Waals surface area contributed by atoms with Crippen molar-refractivity contribution < 1.29 is 9.47 Å². The van der Waals surface area contributed by atoms with E-state index in [0.29, 0.717) is 17.1 Å². The number of rotatable bonds is 5. The third kappa shape index (κ3) is 3.38. The van der Waals surface area contributed by atoms with Gasteiger partial charge in [-0.15, -0.1) is 10.2 Å². The van der Waals surface area contributed by atoms with Crippen molar-refractivity contribution in [2.45, 2.75) is 10.9 Å². The number of thioether (sulfide) groups is 1. The minimum Gasteiger partial charge on any atom is -0.454 e. The Morgan fingerprint density at radius 3 is 2.60 bits per heavy atom. The van der Waals surface area contributed by atoms with E-state index in [4.69, 9.17) is 9.47 Å². The van der Waals surface area contributed by atoms with E-state index in [-0.39, 0.29) is 6.79 Å². The molecule has 3 aromatic carbocycles. The van der Waals surface area contributed by atoms with Crippen LogP contribution in [0.2, 0.25) is 0 Å². The van der Waals surface area contributed by atoms with Crippen LogP contribution < -0.4 is 9.47 Å². The SMILES string of the molecule is N#Cc1ccccc1CSc1nnc(-c2ccc3c(c2)OCO3)n1-c1ccccc1. The first-order valence-corrected chi connectivity index (χ1v) is 10.3. The first kappa shape index (κ1) is 18.3. The number of ether oxygens (including phenoxy) is 2. The van der Waals surface area contributed by atoms with Crippen molar-refractivity contribution in [2.75, 3.05) is 6.79 Å². The van der Waals surface area contributed by atoms with Crippen LogP contribution >= 0.6 is 11.8 Å². The van der Waals surface area contributed by atoms with E-state index in [1.54, 1.807) is 11.8 Å². The number of fused-ring (bicyclic) bond motifs is 1. The van der Waals surface area contributed by atoms with Crippen molar-refractivity contribution in [3.05, 3.63) is 83.9 Å². The van der Waals surface area contributed by atoms with E-state index < -0.39 is 0 Å². The van der Waals surface area contributed by atoms with Crippen LogP contribution in [-0.4, -0.2) is 21.6 Å². The predicted octanol–water partition coefficient (Wildman–Crippen LogP) is 4.83. The van der Waals surface area contributed by atoms with Gasteiger partial charge >= 0.3 is 0 Å². The Bertz CT molecular complexity index is 1250. The molecule has 1 aromatic heterocycles. The maximum absolute atomic E-state index is 9.36. The molecule has 0 amide bonds. The van der Waals surface area contributed by atoms with E-state index >= 15 is 0 Å². The summed E-state index contributed by atoms with van der Waals surface area (Å²) in [5, 5.41) is 19.0. The summed E-state index contributed by atoms with van der Waals surface area (Å²) < 4.78 is 13.0. The molecule has 0 saturated carbocycles. The lowest BCUT2D eigenvalue weighted by atomic mass is 10.1. The third-order valence-electron chi connectivity index (χ3n) is 4.77. The molecule has 1 aliphatic rings. The molecule has 0 saturated heterocycles. The molecule has 2 heterocycles. The van der Waals surface area contributed by atoms with Crippen LogP contribution in [0.3, 0.4) is 0 Å². The first-order valence-electron chi connectivity index (χ1n) is 9.35. The van der Waals surface area contributed by atoms with Crippen LogP contribution in [0.5, 0.6) is 11.5 Å². The summed E-state index contributed by atoms with van der Waals surface area (Å²) in [5.74, 6) is 2.77. The molecule has 0 spiro atoms. The topological polar surface area (TPSA) is 73.0 Å². The monoisotopic (exact) mass is 412 g/mol. The molecule has 0 unspecified atom stereocenters. The molecule has 7 heteroatoms. The molecule has 146 valence electrons. The van der Waals surface area contributed by atoms with Gasteiger partial charge in [-0.1, -0.05) is 48.2 Å². The van der Waals surface area contributed by atoms with Crippen molar-refractivity contribution >= 4 is 11.8 Å². The summed E-state index contributed by atoms with van der Waals surface area (Å²) in [6.07, 6.45) is 0. The highest BCUT2D eigenvalue weighted by Crippen LogP contribution is 2.37. The van der Waals surface area contributed by atoms with Crippen molar-refractivity contribution in [1.29, 1.82) is 5.26 Å². The second-order valence-electron chi connectivity index (χ2n) is 6.60. The smallest absolute Gasteiger partial charge is 0.231 e.